The fourth-order valence-electron chi connectivity index (χ4n) is 1.90. The quantitative estimate of drug-likeness (QED) is 0.359. The first-order chi connectivity index (χ1) is 11.9. The molecule has 0 amide bonds. The summed E-state index contributed by atoms with van der Waals surface area (Å²) in [4.78, 5) is 11.7. The van der Waals surface area contributed by atoms with E-state index < -0.39 is 18.7 Å². The van der Waals surface area contributed by atoms with Gasteiger partial charge in [0, 0.05) is 17.6 Å². The zero-order chi connectivity index (χ0) is 20.0. The molecule has 1 aromatic rings. The minimum Gasteiger partial charge on any atom is -0.421 e. The maximum Gasteiger partial charge on any atom is 0.448 e. The van der Waals surface area contributed by atoms with E-state index in [1.165, 1.54) is 32.9 Å². The van der Waals surface area contributed by atoms with Crippen LogP contribution >= 0.6 is 19.4 Å². The second-order valence-electron chi connectivity index (χ2n) is 7.34. The second kappa shape index (κ2) is 9.34. The Labute approximate surface area is 158 Å². The largest absolute Gasteiger partial charge is 0.448 e. The summed E-state index contributed by atoms with van der Waals surface area (Å²) in [6, 6.07) is 7.76. The SMILES string of the molecule is CC(C)CC(=O)SCCOP(=O)(Oc1ccccc1)C(F)(F)C(C)(C)C. The van der Waals surface area contributed by atoms with Crippen LogP contribution in [0, 0.1) is 11.3 Å². The van der Waals surface area contributed by atoms with Gasteiger partial charge in [0.05, 0.1) is 6.61 Å². The molecule has 1 unspecified atom stereocenters. The smallest absolute Gasteiger partial charge is 0.421 e. The molecule has 0 fully saturated rings. The van der Waals surface area contributed by atoms with Crippen LogP contribution in [0.3, 0.4) is 0 Å². The Balaban J connectivity index is 2.86. The van der Waals surface area contributed by atoms with Crippen LogP contribution in [0.25, 0.3) is 0 Å². The van der Waals surface area contributed by atoms with Crippen molar-refractivity contribution in [2.75, 3.05) is 12.4 Å². The molecule has 148 valence electrons. The second-order valence-corrected chi connectivity index (χ2v) is 10.5. The maximum atomic E-state index is 14.8. The highest BCUT2D eigenvalue weighted by molar-refractivity contribution is 8.13. The summed E-state index contributed by atoms with van der Waals surface area (Å²) in [7, 11) is -4.81. The number of rotatable bonds is 9. The zero-order valence-electron chi connectivity index (χ0n) is 15.8. The van der Waals surface area contributed by atoms with Crippen molar-refractivity contribution < 1.29 is 27.2 Å². The van der Waals surface area contributed by atoms with Crippen molar-refractivity contribution in [1.82, 2.24) is 0 Å². The summed E-state index contributed by atoms with van der Waals surface area (Å²) in [5, 5.41) is -0.0509. The molecule has 0 bridgehead atoms. The van der Waals surface area contributed by atoms with Gasteiger partial charge in [-0.05, 0) is 18.1 Å². The molecule has 0 aromatic heterocycles. The maximum absolute atomic E-state index is 14.8. The third-order valence-corrected chi connectivity index (χ3v) is 6.59. The molecule has 0 aliphatic heterocycles. The number of thioether (sulfide) groups is 1. The van der Waals surface area contributed by atoms with Crippen LogP contribution in [-0.4, -0.2) is 23.1 Å². The molecule has 1 atom stereocenters. The van der Waals surface area contributed by atoms with Crippen molar-refractivity contribution in [3.63, 3.8) is 0 Å². The molecule has 0 saturated heterocycles. The molecule has 1 aromatic carbocycles. The lowest BCUT2D eigenvalue weighted by Crippen LogP contribution is -2.36. The van der Waals surface area contributed by atoms with Gasteiger partial charge in [-0.25, -0.2) is 4.57 Å². The van der Waals surface area contributed by atoms with Gasteiger partial charge < -0.3 is 4.52 Å². The fourth-order valence-corrected chi connectivity index (χ4v) is 4.75. The van der Waals surface area contributed by atoms with Gasteiger partial charge in [0.25, 0.3) is 0 Å². The van der Waals surface area contributed by atoms with E-state index in [0.29, 0.717) is 6.42 Å². The van der Waals surface area contributed by atoms with Crippen LogP contribution in [0.5, 0.6) is 5.75 Å². The lowest BCUT2D eigenvalue weighted by atomic mass is 9.97. The van der Waals surface area contributed by atoms with Gasteiger partial charge in [0.2, 0.25) is 0 Å². The van der Waals surface area contributed by atoms with Gasteiger partial charge in [-0.2, -0.15) is 8.78 Å². The Hall–Kier alpha value is -0.910. The van der Waals surface area contributed by atoms with Crippen molar-refractivity contribution in [2.24, 2.45) is 11.3 Å². The molecule has 0 N–H and O–H groups in total. The highest BCUT2D eigenvalue weighted by atomic mass is 32.2. The van der Waals surface area contributed by atoms with Crippen molar-refractivity contribution in [3.05, 3.63) is 30.3 Å². The highest BCUT2D eigenvalue weighted by Gasteiger charge is 2.62. The number of halogens is 2. The Morgan fingerprint density at radius 2 is 1.77 bits per heavy atom. The van der Waals surface area contributed by atoms with Crippen molar-refractivity contribution in [1.29, 1.82) is 0 Å². The summed E-state index contributed by atoms with van der Waals surface area (Å²) in [6.07, 6.45) is 0.390. The van der Waals surface area contributed by atoms with Crippen molar-refractivity contribution in [2.45, 2.75) is 46.7 Å². The number of para-hydroxylation sites is 1. The van der Waals surface area contributed by atoms with Gasteiger partial charge in [0.1, 0.15) is 5.75 Å². The van der Waals surface area contributed by atoms with Gasteiger partial charge in [-0.3, -0.25) is 9.32 Å². The molecule has 0 aliphatic rings. The number of carbonyl (C=O) groups excluding carboxylic acids is 1. The Bertz CT molecular complexity index is 630. The molecule has 0 radical (unpaired) electrons. The minimum absolute atomic E-state index is 0.0447. The van der Waals surface area contributed by atoms with E-state index in [-0.39, 0.29) is 29.1 Å². The van der Waals surface area contributed by atoms with E-state index in [1.54, 1.807) is 18.2 Å². The molecule has 0 saturated carbocycles. The summed E-state index contributed by atoms with van der Waals surface area (Å²) in [5.41, 5.74) is -5.33. The summed E-state index contributed by atoms with van der Waals surface area (Å²) in [5.74, 6) is 0.394. The van der Waals surface area contributed by atoms with E-state index in [2.05, 4.69) is 0 Å². The number of hydrogen-bond acceptors (Lipinski definition) is 5. The molecule has 26 heavy (non-hydrogen) atoms. The first-order valence-corrected chi connectivity index (χ1v) is 10.9. The Morgan fingerprint density at radius 1 is 1.19 bits per heavy atom. The molecule has 0 heterocycles. The van der Waals surface area contributed by atoms with Crippen LogP contribution in [0.4, 0.5) is 8.78 Å². The molecule has 0 spiro atoms. The predicted octanol–water partition coefficient (Wildman–Crippen LogP) is 6.22. The lowest BCUT2D eigenvalue weighted by Gasteiger charge is -2.35. The van der Waals surface area contributed by atoms with E-state index in [9.17, 15) is 18.1 Å². The van der Waals surface area contributed by atoms with Crippen LogP contribution in [0.15, 0.2) is 30.3 Å². The third kappa shape index (κ3) is 6.36. The lowest BCUT2D eigenvalue weighted by molar-refractivity contribution is -0.111. The average Bonchev–Trinajstić information content (AvgIpc) is 2.50. The molecule has 1 rings (SSSR count). The van der Waals surface area contributed by atoms with Crippen molar-refractivity contribution >= 4 is 24.5 Å². The summed E-state index contributed by atoms with van der Waals surface area (Å²) >= 11 is 0.984. The zero-order valence-corrected chi connectivity index (χ0v) is 17.5. The molecule has 8 heteroatoms. The summed E-state index contributed by atoms with van der Waals surface area (Å²) in [6.45, 7) is 7.39. The molecule has 0 aliphatic carbocycles. The Kier molecular flexibility index (Phi) is 8.31. The number of benzene rings is 1. The van der Waals surface area contributed by atoms with Gasteiger partial charge >= 0.3 is 13.3 Å². The predicted molar refractivity (Wildman–Crippen MR) is 102 cm³/mol. The fraction of sp³-hybridized carbons (Fsp3) is 0.611. The number of hydrogen-bond donors (Lipinski definition) is 0. The monoisotopic (exact) mass is 408 g/mol. The summed E-state index contributed by atoms with van der Waals surface area (Å²) < 4.78 is 52.9. The molecular weight excluding hydrogens is 381 g/mol. The standard InChI is InChI=1S/C18H27F2O4PS/c1-14(2)13-16(21)26-12-11-23-25(22,18(19,20)17(3,4)5)24-15-9-7-6-8-10-15/h6-10,14H,11-13H2,1-5H3. The van der Waals surface area contributed by atoms with E-state index in [0.717, 1.165) is 11.8 Å². The Morgan fingerprint density at radius 3 is 2.27 bits per heavy atom. The van der Waals surface area contributed by atoms with Crippen LogP contribution in [0.2, 0.25) is 0 Å². The van der Waals surface area contributed by atoms with Gasteiger partial charge in [0.15, 0.2) is 5.12 Å². The van der Waals surface area contributed by atoms with Gasteiger partial charge in [-0.1, -0.05) is 64.6 Å². The normalized spacial score (nSPS) is 14.9. The minimum atomic E-state index is -4.81. The third-order valence-electron chi connectivity index (χ3n) is 3.40. The van der Waals surface area contributed by atoms with Crippen LogP contribution in [0.1, 0.15) is 41.0 Å². The number of alkyl halides is 2. The van der Waals surface area contributed by atoms with Crippen LogP contribution < -0.4 is 4.52 Å². The van der Waals surface area contributed by atoms with E-state index >= 15 is 0 Å². The van der Waals surface area contributed by atoms with Crippen LogP contribution in [-0.2, 0) is 13.9 Å². The number of carbonyl (C=O) groups is 1. The molecule has 4 nitrogen and oxygen atoms in total. The first kappa shape index (κ1) is 23.1. The van der Waals surface area contributed by atoms with Crippen molar-refractivity contribution in [3.8, 4) is 5.75 Å². The first-order valence-electron chi connectivity index (χ1n) is 8.42. The van der Waals surface area contributed by atoms with E-state index in [4.69, 9.17) is 9.05 Å². The van der Waals surface area contributed by atoms with E-state index in [1.807, 2.05) is 13.8 Å². The topological polar surface area (TPSA) is 52.6 Å². The van der Waals surface area contributed by atoms with Gasteiger partial charge in [-0.15, -0.1) is 0 Å². The molecular formula is C18H27F2O4PS. The highest BCUT2D eigenvalue weighted by Crippen LogP contribution is 2.67. The average molecular weight is 408 g/mol.